The van der Waals surface area contributed by atoms with Crippen LogP contribution in [-0.2, 0) is 0 Å². The second-order valence-electron chi connectivity index (χ2n) is 5.25. The van der Waals surface area contributed by atoms with E-state index in [0.717, 1.165) is 18.6 Å². The van der Waals surface area contributed by atoms with Gasteiger partial charge >= 0.3 is 6.36 Å². The summed E-state index contributed by atoms with van der Waals surface area (Å²) in [6.45, 7) is 3.09. The van der Waals surface area contributed by atoms with Crippen LogP contribution in [0.15, 0.2) is 24.3 Å². The summed E-state index contributed by atoms with van der Waals surface area (Å²) >= 11 is 0. The lowest BCUT2D eigenvalue weighted by atomic mass is 9.94. The molecule has 0 spiro atoms. The van der Waals surface area contributed by atoms with Crippen LogP contribution in [0.2, 0.25) is 0 Å². The molecule has 2 rings (SSSR count). The van der Waals surface area contributed by atoms with Crippen molar-refractivity contribution in [1.29, 1.82) is 0 Å². The topological polar surface area (TPSA) is 55.6 Å². The molecule has 0 aliphatic carbocycles. The number of piperidine rings is 1. The van der Waals surface area contributed by atoms with Gasteiger partial charge in [-0.05, 0) is 36.6 Å². The normalized spacial score (nSPS) is 23.0. The Morgan fingerprint density at radius 1 is 1.33 bits per heavy atom. The van der Waals surface area contributed by atoms with Crippen molar-refractivity contribution in [2.24, 2.45) is 11.7 Å². The molecule has 4 nitrogen and oxygen atoms in total. The molecular formula is C14H17F3N2O2. The number of ether oxygens (including phenoxy) is 1. The fourth-order valence-electron chi connectivity index (χ4n) is 2.33. The molecule has 2 N–H and O–H groups in total. The second-order valence-corrected chi connectivity index (χ2v) is 5.25. The molecule has 1 aliphatic rings. The molecular weight excluding hydrogens is 285 g/mol. The third-order valence-corrected chi connectivity index (χ3v) is 3.59. The van der Waals surface area contributed by atoms with E-state index < -0.39 is 6.36 Å². The third-order valence-electron chi connectivity index (χ3n) is 3.59. The zero-order valence-electron chi connectivity index (χ0n) is 11.6. The molecule has 1 saturated heterocycles. The van der Waals surface area contributed by atoms with Crippen molar-refractivity contribution in [3.05, 3.63) is 29.8 Å². The van der Waals surface area contributed by atoms with Gasteiger partial charge in [-0.1, -0.05) is 6.92 Å². The summed E-state index contributed by atoms with van der Waals surface area (Å²) in [6.07, 6.45) is -4.01. The van der Waals surface area contributed by atoms with E-state index in [-0.39, 0.29) is 23.6 Å². The highest BCUT2D eigenvalue weighted by atomic mass is 19.4. The summed E-state index contributed by atoms with van der Waals surface area (Å²) in [6, 6.07) is 5.03. The Bertz CT molecular complexity index is 502. The Hall–Kier alpha value is -1.76. The van der Waals surface area contributed by atoms with Gasteiger partial charge in [0.25, 0.3) is 5.91 Å². The summed E-state index contributed by atoms with van der Waals surface area (Å²) in [5, 5.41) is 0. The maximum absolute atomic E-state index is 12.3. The smallest absolute Gasteiger partial charge is 0.406 e. The van der Waals surface area contributed by atoms with E-state index in [2.05, 4.69) is 4.74 Å². The Labute approximate surface area is 120 Å². The molecule has 0 saturated carbocycles. The molecule has 1 aliphatic heterocycles. The monoisotopic (exact) mass is 302 g/mol. The molecule has 1 aromatic rings. The molecule has 0 bridgehead atoms. The third kappa shape index (κ3) is 4.10. The van der Waals surface area contributed by atoms with Gasteiger partial charge in [-0.25, -0.2) is 0 Å². The van der Waals surface area contributed by atoms with Gasteiger partial charge in [0.05, 0.1) is 0 Å². The van der Waals surface area contributed by atoms with Crippen LogP contribution in [-0.4, -0.2) is 36.3 Å². The molecule has 1 aromatic carbocycles. The molecule has 7 heteroatoms. The van der Waals surface area contributed by atoms with Crippen molar-refractivity contribution in [2.45, 2.75) is 25.7 Å². The Morgan fingerprint density at radius 2 is 1.95 bits per heavy atom. The number of nitrogens with zero attached hydrogens (tertiary/aromatic N) is 1. The molecule has 2 unspecified atom stereocenters. The van der Waals surface area contributed by atoms with E-state index in [1.807, 2.05) is 6.92 Å². The van der Waals surface area contributed by atoms with Gasteiger partial charge in [0.15, 0.2) is 0 Å². The number of alkyl halides is 3. The number of benzene rings is 1. The van der Waals surface area contributed by atoms with Crippen LogP contribution in [0.5, 0.6) is 5.75 Å². The Balaban J connectivity index is 2.03. The summed E-state index contributed by atoms with van der Waals surface area (Å²) in [4.78, 5) is 13.9. The molecule has 1 heterocycles. The first-order valence-electron chi connectivity index (χ1n) is 6.67. The number of nitrogens with two attached hydrogens (primary N) is 1. The van der Waals surface area contributed by atoms with Crippen molar-refractivity contribution in [3.8, 4) is 5.75 Å². The summed E-state index contributed by atoms with van der Waals surface area (Å²) in [5.74, 6) is -0.337. The number of carbonyl (C=O) groups excluding carboxylic acids is 1. The minimum Gasteiger partial charge on any atom is -0.406 e. The number of rotatable bonds is 2. The van der Waals surface area contributed by atoms with E-state index in [1.54, 1.807) is 4.90 Å². The fourth-order valence-corrected chi connectivity index (χ4v) is 2.33. The van der Waals surface area contributed by atoms with E-state index >= 15 is 0 Å². The number of hydrogen-bond acceptors (Lipinski definition) is 3. The van der Waals surface area contributed by atoms with Gasteiger partial charge in [0, 0.05) is 24.7 Å². The van der Waals surface area contributed by atoms with E-state index in [1.165, 1.54) is 12.1 Å². The summed E-state index contributed by atoms with van der Waals surface area (Å²) in [5.41, 5.74) is 6.24. The standard InChI is InChI=1S/C14H17F3N2O2/c1-9-8-19(7-6-12(9)18)13(20)10-2-4-11(5-3-10)21-14(15,16)17/h2-5,9,12H,6-8,18H2,1H3. The minimum absolute atomic E-state index is 0.0802. The molecule has 1 amide bonds. The van der Waals surface area contributed by atoms with Crippen LogP contribution in [0.3, 0.4) is 0 Å². The fraction of sp³-hybridized carbons (Fsp3) is 0.500. The SMILES string of the molecule is CC1CN(C(=O)c2ccc(OC(F)(F)F)cc2)CCC1N. The average Bonchev–Trinajstić information content (AvgIpc) is 2.40. The number of halogens is 3. The van der Waals surface area contributed by atoms with Gasteiger partial charge in [0.2, 0.25) is 0 Å². The van der Waals surface area contributed by atoms with E-state index in [4.69, 9.17) is 5.73 Å². The first-order chi connectivity index (χ1) is 9.76. The summed E-state index contributed by atoms with van der Waals surface area (Å²) < 4.78 is 40.0. The maximum atomic E-state index is 12.3. The average molecular weight is 302 g/mol. The number of amides is 1. The Kier molecular flexibility index (Phi) is 4.41. The Morgan fingerprint density at radius 3 is 2.48 bits per heavy atom. The number of carbonyl (C=O) groups is 1. The largest absolute Gasteiger partial charge is 0.573 e. The minimum atomic E-state index is -4.73. The van der Waals surface area contributed by atoms with Crippen LogP contribution in [0, 0.1) is 5.92 Å². The lowest BCUT2D eigenvalue weighted by Gasteiger charge is -2.35. The highest BCUT2D eigenvalue weighted by Crippen LogP contribution is 2.24. The van der Waals surface area contributed by atoms with Gasteiger partial charge in [0.1, 0.15) is 5.75 Å². The first-order valence-corrected chi connectivity index (χ1v) is 6.67. The van der Waals surface area contributed by atoms with Crippen LogP contribution >= 0.6 is 0 Å². The van der Waals surface area contributed by atoms with Gasteiger partial charge in [-0.2, -0.15) is 0 Å². The second kappa shape index (κ2) is 5.93. The molecule has 116 valence electrons. The van der Waals surface area contributed by atoms with Gasteiger partial charge in [-0.15, -0.1) is 13.2 Å². The van der Waals surface area contributed by atoms with E-state index in [9.17, 15) is 18.0 Å². The summed E-state index contributed by atoms with van der Waals surface area (Å²) in [7, 11) is 0. The molecule has 0 aromatic heterocycles. The van der Waals surface area contributed by atoms with Gasteiger partial charge < -0.3 is 15.4 Å². The highest BCUT2D eigenvalue weighted by molar-refractivity contribution is 5.94. The van der Waals surface area contributed by atoms with Crippen molar-refractivity contribution >= 4 is 5.91 Å². The lowest BCUT2D eigenvalue weighted by Crippen LogP contribution is -2.48. The van der Waals surface area contributed by atoms with Crippen LogP contribution in [0.25, 0.3) is 0 Å². The number of hydrogen-bond donors (Lipinski definition) is 1. The highest BCUT2D eigenvalue weighted by Gasteiger charge is 2.31. The lowest BCUT2D eigenvalue weighted by molar-refractivity contribution is -0.274. The molecule has 1 fully saturated rings. The van der Waals surface area contributed by atoms with Crippen molar-refractivity contribution in [2.75, 3.05) is 13.1 Å². The van der Waals surface area contributed by atoms with Crippen LogP contribution in [0.1, 0.15) is 23.7 Å². The van der Waals surface area contributed by atoms with Crippen molar-refractivity contribution in [1.82, 2.24) is 4.90 Å². The zero-order valence-corrected chi connectivity index (χ0v) is 11.6. The van der Waals surface area contributed by atoms with Gasteiger partial charge in [-0.3, -0.25) is 4.79 Å². The quantitative estimate of drug-likeness (QED) is 0.912. The van der Waals surface area contributed by atoms with Crippen LogP contribution in [0.4, 0.5) is 13.2 Å². The maximum Gasteiger partial charge on any atom is 0.573 e. The predicted octanol–water partition coefficient (Wildman–Crippen LogP) is 2.39. The van der Waals surface area contributed by atoms with Crippen molar-refractivity contribution in [3.63, 3.8) is 0 Å². The molecule has 2 atom stereocenters. The van der Waals surface area contributed by atoms with Crippen molar-refractivity contribution < 1.29 is 22.7 Å². The van der Waals surface area contributed by atoms with Crippen LogP contribution < -0.4 is 10.5 Å². The number of likely N-dealkylation sites (tertiary alicyclic amines) is 1. The van der Waals surface area contributed by atoms with E-state index in [0.29, 0.717) is 18.7 Å². The molecule has 0 radical (unpaired) electrons. The molecule has 21 heavy (non-hydrogen) atoms. The predicted molar refractivity (Wildman–Crippen MR) is 70.8 cm³/mol. The first kappa shape index (κ1) is 15.6. The zero-order chi connectivity index (χ0) is 15.6.